The molecule has 0 radical (unpaired) electrons. The molecule has 0 spiro atoms. The fourth-order valence-electron chi connectivity index (χ4n) is 2.88. The van der Waals surface area contributed by atoms with Gasteiger partial charge in [-0.3, -0.25) is 4.90 Å². The summed E-state index contributed by atoms with van der Waals surface area (Å²) in [4.78, 5) is 2.41. The third-order valence-corrected chi connectivity index (χ3v) is 4.26. The van der Waals surface area contributed by atoms with Crippen LogP contribution < -0.4 is 5.32 Å². The number of phenolic OH excluding ortho intramolecular Hbond substituents is 1. The molecule has 1 aliphatic heterocycles. The molecule has 1 aliphatic rings. The summed E-state index contributed by atoms with van der Waals surface area (Å²) in [6, 6.07) is 15.7. The Labute approximate surface area is 142 Å². The van der Waals surface area contributed by atoms with Crippen LogP contribution in [-0.4, -0.2) is 29.6 Å². The number of nitrogens with one attached hydrogen (secondary N) is 1. The van der Waals surface area contributed by atoms with Gasteiger partial charge < -0.3 is 10.4 Å². The van der Waals surface area contributed by atoms with E-state index in [9.17, 15) is 5.11 Å². The van der Waals surface area contributed by atoms with E-state index in [2.05, 4.69) is 16.3 Å². The molecule has 0 aliphatic carbocycles. The lowest BCUT2D eigenvalue weighted by molar-refractivity contribution is 0.153. The Morgan fingerprint density at radius 3 is 2.77 bits per heavy atom. The summed E-state index contributed by atoms with van der Waals surface area (Å²) in [5.41, 5.74) is 2.28. The molecule has 1 unspecified atom stereocenters. The summed E-state index contributed by atoms with van der Waals surface area (Å²) < 4.78 is 0. The fraction of sp³-hybridized carbons (Fsp3) is 0.294. The fourth-order valence-corrected chi connectivity index (χ4v) is 3.14. The summed E-state index contributed by atoms with van der Waals surface area (Å²) >= 11 is 6.36. The van der Waals surface area contributed by atoms with Crippen molar-refractivity contribution >= 4 is 24.0 Å². The van der Waals surface area contributed by atoms with Gasteiger partial charge in [0.15, 0.2) is 0 Å². The van der Waals surface area contributed by atoms with Crippen LogP contribution in [0.1, 0.15) is 17.2 Å². The standard InChI is InChI=1S/C17H19ClN2O.ClH/c18-16-7-2-1-6-15(16)17-11-19-8-9-20(17)12-13-4-3-5-14(21)10-13;/h1-7,10,17,19,21H,8-9,11-12H2;1H. The summed E-state index contributed by atoms with van der Waals surface area (Å²) in [6.45, 7) is 3.64. The van der Waals surface area contributed by atoms with Crippen molar-refractivity contribution < 1.29 is 5.11 Å². The Bertz CT molecular complexity index is 621. The molecule has 3 rings (SSSR count). The average Bonchev–Trinajstić information content (AvgIpc) is 2.49. The molecule has 1 saturated heterocycles. The van der Waals surface area contributed by atoms with Crippen LogP contribution in [0, 0.1) is 0 Å². The first kappa shape index (κ1) is 17.1. The van der Waals surface area contributed by atoms with Crippen molar-refractivity contribution in [3.05, 3.63) is 64.7 Å². The summed E-state index contributed by atoms with van der Waals surface area (Å²) in [6.07, 6.45) is 0. The van der Waals surface area contributed by atoms with Gasteiger partial charge in [-0.1, -0.05) is 41.9 Å². The topological polar surface area (TPSA) is 35.5 Å². The number of halogens is 2. The minimum atomic E-state index is 0. The van der Waals surface area contributed by atoms with E-state index in [1.807, 2.05) is 36.4 Å². The van der Waals surface area contributed by atoms with E-state index in [0.717, 1.165) is 42.3 Å². The van der Waals surface area contributed by atoms with Gasteiger partial charge in [-0.05, 0) is 29.3 Å². The lowest BCUT2D eigenvalue weighted by Gasteiger charge is -2.37. The van der Waals surface area contributed by atoms with Crippen molar-refractivity contribution in [2.24, 2.45) is 0 Å². The van der Waals surface area contributed by atoms with Gasteiger partial charge >= 0.3 is 0 Å². The number of phenols is 1. The Balaban J connectivity index is 0.00000176. The molecule has 0 amide bonds. The zero-order valence-electron chi connectivity index (χ0n) is 12.2. The summed E-state index contributed by atoms with van der Waals surface area (Å²) in [5.74, 6) is 0.317. The van der Waals surface area contributed by atoms with E-state index < -0.39 is 0 Å². The second-order valence-corrected chi connectivity index (χ2v) is 5.79. The largest absolute Gasteiger partial charge is 0.508 e. The predicted molar refractivity (Wildman–Crippen MR) is 92.8 cm³/mol. The number of rotatable bonds is 3. The molecule has 1 fully saturated rings. The number of benzene rings is 2. The van der Waals surface area contributed by atoms with Gasteiger partial charge in [0.2, 0.25) is 0 Å². The molecule has 0 aromatic heterocycles. The highest BCUT2D eigenvalue weighted by molar-refractivity contribution is 6.31. The van der Waals surface area contributed by atoms with E-state index in [-0.39, 0.29) is 18.4 Å². The molecule has 1 atom stereocenters. The number of aromatic hydroxyl groups is 1. The van der Waals surface area contributed by atoms with Crippen LogP contribution in [0.15, 0.2) is 48.5 Å². The highest BCUT2D eigenvalue weighted by Gasteiger charge is 2.25. The normalized spacial score (nSPS) is 18.7. The second-order valence-electron chi connectivity index (χ2n) is 5.38. The molecule has 22 heavy (non-hydrogen) atoms. The molecule has 2 aromatic rings. The molecular weight excluding hydrogens is 319 g/mol. The maximum Gasteiger partial charge on any atom is 0.115 e. The maximum atomic E-state index is 9.62. The van der Waals surface area contributed by atoms with Crippen molar-refractivity contribution in [2.45, 2.75) is 12.6 Å². The van der Waals surface area contributed by atoms with E-state index in [1.54, 1.807) is 6.07 Å². The van der Waals surface area contributed by atoms with E-state index in [0.29, 0.717) is 5.75 Å². The van der Waals surface area contributed by atoms with Crippen LogP contribution in [0.5, 0.6) is 5.75 Å². The minimum absolute atomic E-state index is 0. The van der Waals surface area contributed by atoms with Crippen molar-refractivity contribution in [3.8, 4) is 5.75 Å². The Morgan fingerprint density at radius 1 is 1.18 bits per heavy atom. The SMILES string of the molecule is Cl.Oc1cccc(CN2CCNCC2c2ccccc2Cl)c1. The first-order valence-corrected chi connectivity index (χ1v) is 7.59. The zero-order chi connectivity index (χ0) is 14.7. The summed E-state index contributed by atoms with van der Waals surface area (Å²) in [7, 11) is 0. The Hall–Kier alpha value is -1.26. The van der Waals surface area contributed by atoms with Crippen molar-refractivity contribution in [2.75, 3.05) is 19.6 Å². The lowest BCUT2D eigenvalue weighted by atomic mass is 10.0. The van der Waals surface area contributed by atoms with Gasteiger partial charge in [0.1, 0.15) is 5.75 Å². The summed E-state index contributed by atoms with van der Waals surface area (Å²) in [5, 5.41) is 13.9. The van der Waals surface area contributed by atoms with Crippen LogP contribution in [0.25, 0.3) is 0 Å². The first-order valence-electron chi connectivity index (χ1n) is 7.21. The molecule has 118 valence electrons. The van der Waals surface area contributed by atoms with E-state index in [1.165, 1.54) is 0 Å². The predicted octanol–water partition coefficient (Wildman–Crippen LogP) is 3.61. The van der Waals surface area contributed by atoms with Crippen LogP contribution in [0.2, 0.25) is 5.02 Å². The van der Waals surface area contributed by atoms with Crippen molar-refractivity contribution in [3.63, 3.8) is 0 Å². The number of piperazine rings is 1. The third kappa shape index (κ3) is 3.93. The number of hydrogen-bond donors (Lipinski definition) is 2. The molecule has 5 heteroatoms. The van der Waals surface area contributed by atoms with Gasteiger partial charge in [-0.2, -0.15) is 0 Å². The smallest absolute Gasteiger partial charge is 0.115 e. The van der Waals surface area contributed by atoms with Gasteiger partial charge in [0.25, 0.3) is 0 Å². The second kappa shape index (κ2) is 7.84. The van der Waals surface area contributed by atoms with Crippen LogP contribution in [-0.2, 0) is 6.54 Å². The first-order chi connectivity index (χ1) is 10.2. The van der Waals surface area contributed by atoms with Gasteiger partial charge in [0, 0.05) is 37.2 Å². The highest BCUT2D eigenvalue weighted by atomic mass is 35.5. The molecule has 0 saturated carbocycles. The van der Waals surface area contributed by atoms with Gasteiger partial charge in [-0.15, -0.1) is 12.4 Å². The van der Waals surface area contributed by atoms with Crippen LogP contribution in [0.4, 0.5) is 0 Å². The molecule has 1 heterocycles. The third-order valence-electron chi connectivity index (χ3n) is 3.91. The Morgan fingerprint density at radius 2 is 2.00 bits per heavy atom. The van der Waals surface area contributed by atoms with Crippen molar-refractivity contribution in [1.82, 2.24) is 10.2 Å². The number of nitrogens with zero attached hydrogens (tertiary/aromatic N) is 1. The molecular formula is C17H20Cl2N2O. The molecule has 3 nitrogen and oxygen atoms in total. The quantitative estimate of drug-likeness (QED) is 0.897. The van der Waals surface area contributed by atoms with Crippen LogP contribution in [0.3, 0.4) is 0 Å². The van der Waals surface area contributed by atoms with Gasteiger partial charge in [-0.25, -0.2) is 0 Å². The number of hydrogen-bond acceptors (Lipinski definition) is 3. The van der Waals surface area contributed by atoms with E-state index >= 15 is 0 Å². The lowest BCUT2D eigenvalue weighted by Crippen LogP contribution is -2.45. The maximum absolute atomic E-state index is 9.62. The van der Waals surface area contributed by atoms with Crippen molar-refractivity contribution in [1.29, 1.82) is 0 Å². The molecule has 0 bridgehead atoms. The molecule has 2 aromatic carbocycles. The minimum Gasteiger partial charge on any atom is -0.508 e. The van der Waals surface area contributed by atoms with Gasteiger partial charge in [0.05, 0.1) is 0 Å². The highest BCUT2D eigenvalue weighted by Crippen LogP contribution is 2.29. The monoisotopic (exact) mass is 338 g/mol. The van der Waals surface area contributed by atoms with Crippen LogP contribution >= 0.6 is 24.0 Å². The Kier molecular flexibility index (Phi) is 6.09. The van der Waals surface area contributed by atoms with E-state index in [4.69, 9.17) is 11.6 Å². The average molecular weight is 339 g/mol. The molecule has 2 N–H and O–H groups in total. The zero-order valence-corrected chi connectivity index (χ0v) is 13.8.